The van der Waals surface area contributed by atoms with E-state index in [1.54, 1.807) is 0 Å². The number of carbonyl (C=O) groups is 2. The minimum atomic E-state index is 0.204. The van der Waals surface area contributed by atoms with Crippen molar-refractivity contribution in [2.24, 2.45) is 5.92 Å². The number of benzene rings is 1. The summed E-state index contributed by atoms with van der Waals surface area (Å²) in [6.07, 6.45) is 9.84. The number of piperidine rings is 1. The zero-order chi connectivity index (χ0) is 20.8. The van der Waals surface area contributed by atoms with Gasteiger partial charge in [0.2, 0.25) is 11.8 Å². The molecule has 2 saturated heterocycles. The van der Waals surface area contributed by atoms with Crippen molar-refractivity contribution in [2.75, 3.05) is 32.7 Å². The average molecular weight is 410 g/mol. The Morgan fingerprint density at radius 3 is 2.40 bits per heavy atom. The summed E-state index contributed by atoms with van der Waals surface area (Å²) in [5, 5.41) is 0. The number of carbonyl (C=O) groups excluding carboxylic acids is 2. The van der Waals surface area contributed by atoms with Gasteiger partial charge in [-0.1, -0.05) is 36.4 Å². The van der Waals surface area contributed by atoms with Crippen LogP contribution in [0.25, 0.3) is 0 Å². The molecule has 2 amide bonds. The number of nitrogens with zero attached hydrogens (tertiary/aromatic N) is 3. The Labute approximate surface area is 180 Å². The lowest BCUT2D eigenvalue weighted by Crippen LogP contribution is -2.48. The first-order valence-electron chi connectivity index (χ1n) is 11.7. The molecule has 3 aliphatic rings. The molecule has 1 aromatic carbocycles. The quantitative estimate of drug-likeness (QED) is 0.718. The largest absolute Gasteiger partial charge is 0.340 e. The standard InChI is InChI=1S/C25H35N3O2/c29-24(27-18-16-26(17-19-27)20-21-8-2-1-3-9-21)13-6-14-25(30)28-15-7-11-22-10-4-5-12-23(22)28/h1-3,8-9,12,22H,4-7,10-11,13-20H2. The summed E-state index contributed by atoms with van der Waals surface area (Å²) in [5.41, 5.74) is 2.60. The molecule has 1 aromatic rings. The normalized spacial score (nSPS) is 22.4. The van der Waals surface area contributed by atoms with Crippen molar-refractivity contribution in [2.45, 2.75) is 57.9 Å². The van der Waals surface area contributed by atoms with Crippen LogP contribution in [-0.4, -0.2) is 59.2 Å². The summed E-state index contributed by atoms with van der Waals surface area (Å²) in [7, 11) is 0. The topological polar surface area (TPSA) is 43.9 Å². The molecule has 5 nitrogen and oxygen atoms in total. The highest BCUT2D eigenvalue weighted by atomic mass is 16.2. The van der Waals surface area contributed by atoms with Gasteiger partial charge in [-0.05, 0) is 50.0 Å². The fourth-order valence-electron chi connectivity index (χ4n) is 5.13. The van der Waals surface area contributed by atoms with Crippen molar-refractivity contribution in [3.8, 4) is 0 Å². The maximum Gasteiger partial charge on any atom is 0.226 e. The first-order chi connectivity index (χ1) is 14.7. The van der Waals surface area contributed by atoms with Crippen molar-refractivity contribution in [3.05, 3.63) is 47.7 Å². The predicted molar refractivity (Wildman–Crippen MR) is 119 cm³/mol. The first kappa shape index (κ1) is 21.1. The number of likely N-dealkylation sites (tertiary alicyclic amines) is 1. The smallest absolute Gasteiger partial charge is 0.226 e. The Morgan fingerprint density at radius 1 is 0.867 bits per heavy atom. The molecule has 5 heteroatoms. The monoisotopic (exact) mass is 409 g/mol. The van der Waals surface area contributed by atoms with Crippen LogP contribution >= 0.6 is 0 Å². The fourth-order valence-corrected chi connectivity index (χ4v) is 5.13. The van der Waals surface area contributed by atoms with E-state index >= 15 is 0 Å². The van der Waals surface area contributed by atoms with Gasteiger partial charge in [0.05, 0.1) is 0 Å². The van der Waals surface area contributed by atoms with Crippen molar-refractivity contribution in [3.63, 3.8) is 0 Å². The molecule has 1 unspecified atom stereocenters. The van der Waals surface area contributed by atoms with Gasteiger partial charge >= 0.3 is 0 Å². The molecule has 0 radical (unpaired) electrons. The molecule has 1 atom stereocenters. The lowest BCUT2D eigenvalue weighted by Gasteiger charge is -2.38. The van der Waals surface area contributed by atoms with Crippen LogP contribution in [0.2, 0.25) is 0 Å². The second kappa shape index (κ2) is 10.3. The van der Waals surface area contributed by atoms with Crippen molar-refractivity contribution >= 4 is 11.8 Å². The summed E-state index contributed by atoms with van der Waals surface area (Å²) in [5.74, 6) is 1.01. The van der Waals surface area contributed by atoms with Crippen LogP contribution in [0.1, 0.15) is 56.9 Å². The van der Waals surface area contributed by atoms with Gasteiger partial charge in [-0.25, -0.2) is 0 Å². The number of fused-ring (bicyclic) bond motifs is 1. The third-order valence-corrected chi connectivity index (χ3v) is 6.83. The summed E-state index contributed by atoms with van der Waals surface area (Å²) >= 11 is 0. The van der Waals surface area contributed by atoms with Gasteiger partial charge < -0.3 is 9.80 Å². The van der Waals surface area contributed by atoms with Crippen molar-refractivity contribution in [1.29, 1.82) is 0 Å². The Kier molecular flexibility index (Phi) is 7.21. The fraction of sp³-hybridized carbons (Fsp3) is 0.600. The van der Waals surface area contributed by atoms with E-state index in [-0.39, 0.29) is 11.8 Å². The summed E-state index contributed by atoms with van der Waals surface area (Å²) in [6, 6.07) is 10.5. The molecule has 0 saturated carbocycles. The SMILES string of the molecule is O=C(CCCC(=O)N1CCCC2CCCC=C21)N1CCN(Cc2ccccc2)CC1. The van der Waals surface area contributed by atoms with Crippen molar-refractivity contribution in [1.82, 2.24) is 14.7 Å². The van der Waals surface area contributed by atoms with E-state index in [4.69, 9.17) is 0 Å². The molecule has 0 bridgehead atoms. The van der Waals surface area contributed by atoms with E-state index in [2.05, 4.69) is 35.2 Å². The molecule has 0 spiro atoms. The number of hydrogen-bond acceptors (Lipinski definition) is 3. The Hall–Kier alpha value is -2.14. The minimum absolute atomic E-state index is 0.204. The third kappa shape index (κ3) is 5.31. The minimum Gasteiger partial charge on any atom is -0.340 e. The summed E-state index contributed by atoms with van der Waals surface area (Å²) < 4.78 is 0. The van der Waals surface area contributed by atoms with Crippen LogP contribution < -0.4 is 0 Å². The Balaban J connectivity index is 1.17. The Morgan fingerprint density at radius 2 is 1.60 bits per heavy atom. The Bertz CT molecular complexity index is 753. The molecule has 0 N–H and O–H groups in total. The summed E-state index contributed by atoms with van der Waals surface area (Å²) in [6.45, 7) is 5.23. The van der Waals surface area contributed by atoms with Crippen LogP contribution in [-0.2, 0) is 16.1 Å². The van der Waals surface area contributed by atoms with Crippen molar-refractivity contribution < 1.29 is 9.59 Å². The number of amides is 2. The second-order valence-electron chi connectivity index (χ2n) is 8.94. The number of rotatable bonds is 6. The maximum atomic E-state index is 12.8. The molecule has 0 aromatic heterocycles. The van der Waals surface area contributed by atoms with Crippen LogP contribution in [0.5, 0.6) is 0 Å². The molecule has 30 heavy (non-hydrogen) atoms. The van der Waals surface area contributed by atoms with Gasteiger partial charge in [-0.3, -0.25) is 14.5 Å². The van der Waals surface area contributed by atoms with Crippen LogP contribution in [0, 0.1) is 5.92 Å². The molecule has 162 valence electrons. The van der Waals surface area contributed by atoms with E-state index in [1.165, 1.54) is 30.5 Å². The lowest BCUT2D eigenvalue weighted by atomic mass is 9.85. The molecular weight excluding hydrogens is 374 g/mol. The number of allylic oxidation sites excluding steroid dienone is 2. The van der Waals surface area contributed by atoms with E-state index < -0.39 is 0 Å². The highest BCUT2D eigenvalue weighted by Crippen LogP contribution is 2.35. The predicted octanol–water partition coefficient (Wildman–Crippen LogP) is 3.81. The number of hydrogen-bond donors (Lipinski definition) is 0. The molecule has 4 rings (SSSR count). The lowest BCUT2D eigenvalue weighted by molar-refractivity contribution is -0.133. The third-order valence-electron chi connectivity index (χ3n) is 6.83. The first-order valence-corrected chi connectivity index (χ1v) is 11.7. The van der Waals surface area contributed by atoms with E-state index in [0.717, 1.165) is 52.1 Å². The van der Waals surface area contributed by atoms with Gasteiger partial charge in [0.25, 0.3) is 0 Å². The van der Waals surface area contributed by atoms with Crippen LogP contribution in [0.3, 0.4) is 0 Å². The molecular formula is C25H35N3O2. The van der Waals surface area contributed by atoms with E-state index in [1.807, 2.05) is 15.9 Å². The van der Waals surface area contributed by atoms with Gasteiger partial charge in [-0.15, -0.1) is 0 Å². The molecule has 2 fully saturated rings. The van der Waals surface area contributed by atoms with Gasteiger partial charge in [0.15, 0.2) is 0 Å². The molecule has 2 heterocycles. The van der Waals surface area contributed by atoms with E-state index in [9.17, 15) is 9.59 Å². The van der Waals surface area contributed by atoms with E-state index in [0.29, 0.717) is 25.2 Å². The maximum absolute atomic E-state index is 12.8. The van der Waals surface area contributed by atoms with Gasteiger partial charge in [-0.2, -0.15) is 0 Å². The zero-order valence-corrected chi connectivity index (χ0v) is 18.1. The highest BCUT2D eigenvalue weighted by molar-refractivity contribution is 5.80. The highest BCUT2D eigenvalue weighted by Gasteiger charge is 2.30. The average Bonchev–Trinajstić information content (AvgIpc) is 2.79. The second-order valence-corrected chi connectivity index (χ2v) is 8.94. The molecule has 2 aliphatic heterocycles. The van der Waals surface area contributed by atoms with Gasteiger partial charge in [0.1, 0.15) is 0 Å². The van der Waals surface area contributed by atoms with Crippen LogP contribution in [0.15, 0.2) is 42.1 Å². The van der Waals surface area contributed by atoms with Crippen LogP contribution in [0.4, 0.5) is 0 Å². The summed E-state index contributed by atoms with van der Waals surface area (Å²) in [4.78, 5) is 31.8. The number of piperazine rings is 1. The zero-order valence-electron chi connectivity index (χ0n) is 18.1. The molecule has 1 aliphatic carbocycles. The van der Waals surface area contributed by atoms with Gasteiger partial charge in [0, 0.05) is 57.8 Å².